The topological polar surface area (TPSA) is 98.5 Å². The average Bonchev–Trinajstić information content (AvgIpc) is 2.62. The summed E-state index contributed by atoms with van der Waals surface area (Å²) in [5.74, 6) is -0.581. The van der Waals surface area contributed by atoms with Crippen LogP contribution in [0.15, 0.2) is 18.2 Å². The summed E-state index contributed by atoms with van der Waals surface area (Å²) in [6.45, 7) is 8.10. The monoisotopic (exact) mass is 410 g/mol. The highest BCUT2D eigenvalue weighted by molar-refractivity contribution is 6.33. The third-order valence-corrected chi connectivity index (χ3v) is 5.70. The number of hydrogen-bond acceptors (Lipinski definition) is 5. The number of nitrogens with zero attached hydrogens (tertiary/aromatic N) is 1. The van der Waals surface area contributed by atoms with E-state index in [2.05, 4.69) is 26.1 Å². The smallest absolute Gasteiger partial charge is 0.309 e. The number of non-ortho nitro benzene ring substituents is 1. The molecule has 0 bridgehead atoms. The third-order valence-electron chi connectivity index (χ3n) is 5.37. The number of carbonyl (C=O) groups is 2. The number of hydrogen-bond donors (Lipinski definition) is 1. The molecule has 28 heavy (non-hydrogen) atoms. The van der Waals surface area contributed by atoms with Gasteiger partial charge >= 0.3 is 5.97 Å². The first-order valence-corrected chi connectivity index (χ1v) is 9.82. The number of carbonyl (C=O) groups excluding carboxylic acids is 2. The van der Waals surface area contributed by atoms with Gasteiger partial charge in [0.25, 0.3) is 11.6 Å². The van der Waals surface area contributed by atoms with Gasteiger partial charge in [-0.1, -0.05) is 32.4 Å². The molecule has 154 valence electrons. The van der Waals surface area contributed by atoms with Gasteiger partial charge in [-0.3, -0.25) is 19.7 Å². The largest absolute Gasteiger partial charge is 0.452 e. The van der Waals surface area contributed by atoms with E-state index in [0.29, 0.717) is 5.92 Å². The van der Waals surface area contributed by atoms with Gasteiger partial charge in [0.15, 0.2) is 6.10 Å². The Balaban J connectivity index is 1.91. The number of nitrogens with one attached hydrogen (secondary N) is 1. The molecule has 1 N–H and O–H groups in total. The van der Waals surface area contributed by atoms with Gasteiger partial charge in [-0.25, -0.2) is 0 Å². The van der Waals surface area contributed by atoms with Gasteiger partial charge < -0.3 is 10.1 Å². The quantitative estimate of drug-likeness (QED) is 0.419. The summed E-state index contributed by atoms with van der Waals surface area (Å²) < 4.78 is 5.33. The van der Waals surface area contributed by atoms with Crippen molar-refractivity contribution in [2.75, 3.05) is 5.32 Å². The fourth-order valence-corrected chi connectivity index (χ4v) is 3.64. The van der Waals surface area contributed by atoms with Crippen molar-refractivity contribution >= 4 is 34.9 Å². The molecule has 1 aromatic carbocycles. The van der Waals surface area contributed by atoms with Gasteiger partial charge in [-0.2, -0.15) is 0 Å². The first-order valence-electron chi connectivity index (χ1n) is 9.44. The van der Waals surface area contributed by atoms with E-state index >= 15 is 0 Å². The lowest BCUT2D eigenvalue weighted by molar-refractivity contribution is -0.384. The summed E-state index contributed by atoms with van der Waals surface area (Å²) in [4.78, 5) is 35.0. The molecule has 1 amide bonds. The number of benzene rings is 1. The second kappa shape index (κ2) is 8.90. The zero-order valence-corrected chi connectivity index (χ0v) is 17.4. The molecule has 0 aromatic heterocycles. The van der Waals surface area contributed by atoms with E-state index in [4.69, 9.17) is 16.3 Å². The van der Waals surface area contributed by atoms with Gasteiger partial charge in [0.2, 0.25) is 0 Å². The fraction of sp³-hybridized carbons (Fsp3) is 0.600. The Kier molecular flexibility index (Phi) is 7.04. The molecule has 1 saturated carbocycles. The Morgan fingerprint density at radius 3 is 2.39 bits per heavy atom. The van der Waals surface area contributed by atoms with Crippen LogP contribution in [0.25, 0.3) is 0 Å². The molecule has 1 aliphatic carbocycles. The molecule has 1 fully saturated rings. The van der Waals surface area contributed by atoms with Crippen LogP contribution in [-0.2, 0) is 14.3 Å². The molecular weight excluding hydrogens is 384 g/mol. The summed E-state index contributed by atoms with van der Waals surface area (Å²) >= 11 is 5.98. The van der Waals surface area contributed by atoms with Crippen LogP contribution in [0.3, 0.4) is 0 Å². The Labute approximate surface area is 169 Å². The molecular formula is C20H27ClN2O5. The minimum atomic E-state index is -1.02. The number of halogens is 1. The number of rotatable bonds is 5. The van der Waals surface area contributed by atoms with Gasteiger partial charge in [-0.05, 0) is 50.0 Å². The second-order valence-corrected chi connectivity index (χ2v) is 8.81. The van der Waals surface area contributed by atoms with E-state index in [9.17, 15) is 19.7 Å². The van der Waals surface area contributed by atoms with Crippen molar-refractivity contribution in [2.45, 2.75) is 59.5 Å². The molecule has 1 atom stereocenters. The molecule has 1 aliphatic rings. The minimum Gasteiger partial charge on any atom is -0.452 e. The Bertz CT molecular complexity index is 751. The molecule has 0 radical (unpaired) electrons. The Morgan fingerprint density at radius 2 is 1.86 bits per heavy atom. The van der Waals surface area contributed by atoms with Crippen LogP contribution in [0.1, 0.15) is 53.4 Å². The van der Waals surface area contributed by atoms with Crippen LogP contribution in [0.2, 0.25) is 5.02 Å². The molecule has 7 nitrogen and oxygen atoms in total. The van der Waals surface area contributed by atoms with Crippen LogP contribution >= 0.6 is 11.6 Å². The molecule has 0 saturated heterocycles. The standard InChI is InChI=1S/C20H27ClN2O5/c1-12(18(24)22-17-11-15(23(26)27)9-10-16(17)21)28-19(25)13-5-7-14(8-6-13)20(2,3)4/h9-14H,5-8H2,1-4H3,(H,22,24)/t12-,13?,14?/m1/s1. The number of esters is 1. The maximum Gasteiger partial charge on any atom is 0.309 e. The lowest BCUT2D eigenvalue weighted by Gasteiger charge is -2.36. The summed E-state index contributed by atoms with van der Waals surface area (Å²) in [7, 11) is 0. The highest BCUT2D eigenvalue weighted by Crippen LogP contribution is 2.40. The molecule has 1 aromatic rings. The molecule has 0 spiro atoms. The van der Waals surface area contributed by atoms with E-state index in [0.717, 1.165) is 25.7 Å². The lowest BCUT2D eigenvalue weighted by atomic mass is 9.70. The summed E-state index contributed by atoms with van der Waals surface area (Å²) in [5, 5.41) is 13.5. The number of anilines is 1. The van der Waals surface area contributed by atoms with Crippen molar-refractivity contribution < 1.29 is 19.2 Å². The minimum absolute atomic E-state index is 0.106. The SMILES string of the molecule is C[C@@H](OC(=O)C1CCC(C(C)(C)C)CC1)C(=O)Nc1cc([N+](=O)[O-])ccc1Cl. The van der Waals surface area contributed by atoms with Gasteiger partial charge in [0.1, 0.15) is 0 Å². The molecule has 0 heterocycles. The Hall–Kier alpha value is -2.15. The third kappa shape index (κ3) is 5.67. The first kappa shape index (κ1) is 22.1. The lowest BCUT2D eigenvalue weighted by Crippen LogP contribution is -2.34. The van der Waals surface area contributed by atoms with Gasteiger partial charge in [0.05, 0.1) is 21.6 Å². The summed E-state index contributed by atoms with van der Waals surface area (Å²) in [6.07, 6.45) is 2.42. The highest BCUT2D eigenvalue weighted by Gasteiger charge is 2.34. The van der Waals surface area contributed by atoms with Crippen molar-refractivity contribution in [1.29, 1.82) is 0 Å². The maximum atomic E-state index is 12.4. The predicted molar refractivity (Wildman–Crippen MR) is 107 cm³/mol. The van der Waals surface area contributed by atoms with Crippen LogP contribution in [0, 0.1) is 27.4 Å². The number of ether oxygens (including phenoxy) is 1. The summed E-state index contributed by atoms with van der Waals surface area (Å²) in [5.41, 5.74) is 0.133. The normalized spacial score (nSPS) is 20.9. The van der Waals surface area contributed by atoms with Crippen molar-refractivity contribution in [3.8, 4) is 0 Å². The molecule has 8 heteroatoms. The maximum absolute atomic E-state index is 12.4. The molecule has 0 unspecified atom stereocenters. The zero-order chi connectivity index (χ0) is 21.1. The predicted octanol–water partition coefficient (Wildman–Crippen LogP) is 4.97. The van der Waals surface area contributed by atoms with Crippen molar-refractivity contribution in [3.63, 3.8) is 0 Å². The summed E-state index contributed by atoms with van der Waals surface area (Å²) in [6, 6.07) is 3.75. The first-order chi connectivity index (χ1) is 13.0. The van der Waals surface area contributed by atoms with E-state index in [1.54, 1.807) is 0 Å². The van der Waals surface area contributed by atoms with Crippen LogP contribution in [0.5, 0.6) is 0 Å². The van der Waals surface area contributed by atoms with Crippen molar-refractivity contribution in [3.05, 3.63) is 33.3 Å². The van der Waals surface area contributed by atoms with Crippen LogP contribution in [0.4, 0.5) is 11.4 Å². The van der Waals surface area contributed by atoms with Crippen molar-refractivity contribution in [1.82, 2.24) is 0 Å². The molecule has 2 rings (SSSR count). The average molecular weight is 411 g/mol. The van der Waals surface area contributed by atoms with E-state index in [-0.39, 0.29) is 33.7 Å². The molecule has 0 aliphatic heterocycles. The van der Waals surface area contributed by atoms with Crippen molar-refractivity contribution in [2.24, 2.45) is 17.3 Å². The fourth-order valence-electron chi connectivity index (χ4n) is 3.48. The van der Waals surface area contributed by atoms with Gasteiger partial charge in [0, 0.05) is 12.1 Å². The van der Waals surface area contributed by atoms with Gasteiger partial charge in [-0.15, -0.1) is 0 Å². The highest BCUT2D eigenvalue weighted by atomic mass is 35.5. The van der Waals surface area contributed by atoms with E-state index in [1.807, 2.05) is 0 Å². The number of amides is 1. The Morgan fingerprint density at radius 1 is 1.25 bits per heavy atom. The van der Waals surface area contributed by atoms with E-state index in [1.165, 1.54) is 25.1 Å². The number of nitro benzene ring substituents is 1. The van der Waals surface area contributed by atoms with Crippen LogP contribution in [-0.4, -0.2) is 22.9 Å². The zero-order valence-electron chi connectivity index (χ0n) is 16.7. The number of nitro groups is 1. The second-order valence-electron chi connectivity index (χ2n) is 8.40. The van der Waals surface area contributed by atoms with E-state index < -0.39 is 16.9 Å². The van der Waals surface area contributed by atoms with Crippen LogP contribution < -0.4 is 5.32 Å².